The second-order valence-corrected chi connectivity index (χ2v) is 7.12. The van der Waals surface area contributed by atoms with Gasteiger partial charge in [0.25, 0.3) is 5.78 Å². The number of carbonyl (C=O) groups excluding carboxylic acids is 1. The number of aryl methyl sites for hydroxylation is 2. The summed E-state index contributed by atoms with van der Waals surface area (Å²) in [6.07, 6.45) is 0. The van der Waals surface area contributed by atoms with Gasteiger partial charge in [-0.05, 0) is 44.0 Å². The van der Waals surface area contributed by atoms with Crippen molar-refractivity contribution in [1.82, 2.24) is 24.5 Å². The number of benzene rings is 1. The molecule has 0 aliphatic carbocycles. The Morgan fingerprint density at radius 1 is 1.27 bits per heavy atom. The van der Waals surface area contributed by atoms with Crippen molar-refractivity contribution in [1.29, 1.82) is 0 Å². The van der Waals surface area contributed by atoms with E-state index in [0.717, 1.165) is 22.5 Å². The third-order valence-electron chi connectivity index (χ3n) is 4.30. The fraction of sp³-hybridized carbons (Fsp3) is 0.333. The Balaban J connectivity index is 1.65. The number of fused-ring (bicyclic) bond motifs is 1. The fourth-order valence-electron chi connectivity index (χ4n) is 2.53. The first-order chi connectivity index (χ1) is 12.3. The summed E-state index contributed by atoms with van der Waals surface area (Å²) in [6.45, 7) is 6.26. The van der Waals surface area contributed by atoms with Crippen molar-refractivity contribution in [2.24, 2.45) is 0 Å². The third kappa shape index (κ3) is 3.85. The number of thioether (sulfide) groups is 1. The minimum Gasteiger partial charge on any atom is -0.341 e. The summed E-state index contributed by atoms with van der Waals surface area (Å²) in [7, 11) is 1.70. The van der Waals surface area contributed by atoms with E-state index in [9.17, 15) is 9.18 Å². The van der Waals surface area contributed by atoms with Crippen LogP contribution in [0.4, 0.5) is 4.39 Å². The molecule has 0 radical (unpaired) electrons. The first-order valence-electron chi connectivity index (χ1n) is 8.17. The van der Waals surface area contributed by atoms with Crippen molar-refractivity contribution >= 4 is 23.4 Å². The van der Waals surface area contributed by atoms with E-state index in [0.29, 0.717) is 17.5 Å². The highest BCUT2D eigenvalue weighted by atomic mass is 32.2. The van der Waals surface area contributed by atoms with E-state index in [1.807, 2.05) is 20.8 Å². The van der Waals surface area contributed by atoms with Gasteiger partial charge in [0.15, 0.2) is 0 Å². The quantitative estimate of drug-likeness (QED) is 0.644. The average molecular weight is 373 g/mol. The van der Waals surface area contributed by atoms with Crippen LogP contribution in [-0.4, -0.2) is 43.2 Å². The van der Waals surface area contributed by atoms with Crippen LogP contribution in [-0.2, 0) is 11.3 Å². The van der Waals surface area contributed by atoms with Crippen LogP contribution >= 0.6 is 11.8 Å². The number of halogens is 1. The largest absolute Gasteiger partial charge is 0.341 e. The molecule has 1 aromatic carbocycles. The zero-order chi connectivity index (χ0) is 18.8. The molecule has 0 fully saturated rings. The second kappa shape index (κ2) is 7.41. The molecule has 0 saturated carbocycles. The lowest BCUT2D eigenvalue weighted by Crippen LogP contribution is -2.27. The van der Waals surface area contributed by atoms with E-state index in [1.165, 1.54) is 23.9 Å². The summed E-state index contributed by atoms with van der Waals surface area (Å²) in [5.74, 6) is 0.364. The van der Waals surface area contributed by atoms with E-state index in [-0.39, 0.29) is 17.5 Å². The molecule has 0 bridgehead atoms. The highest BCUT2D eigenvalue weighted by molar-refractivity contribution is 7.99. The minimum atomic E-state index is -0.305. The maximum Gasteiger partial charge on any atom is 0.253 e. The number of amides is 1. The van der Waals surface area contributed by atoms with Crippen molar-refractivity contribution in [3.05, 3.63) is 52.6 Å². The van der Waals surface area contributed by atoms with Crippen LogP contribution in [0.25, 0.3) is 5.78 Å². The molecule has 0 aliphatic rings. The molecular weight excluding hydrogens is 353 g/mol. The summed E-state index contributed by atoms with van der Waals surface area (Å²) in [5, 5.41) is 4.94. The van der Waals surface area contributed by atoms with Gasteiger partial charge in [-0.25, -0.2) is 13.9 Å². The number of nitrogens with zero attached hydrogens (tertiary/aromatic N) is 5. The molecule has 26 heavy (non-hydrogen) atoms. The van der Waals surface area contributed by atoms with Gasteiger partial charge in [0.05, 0.1) is 5.75 Å². The highest BCUT2D eigenvalue weighted by Gasteiger charge is 2.15. The number of hydrogen-bond acceptors (Lipinski definition) is 5. The summed E-state index contributed by atoms with van der Waals surface area (Å²) in [5.41, 5.74) is 3.73. The lowest BCUT2D eigenvalue weighted by molar-refractivity contribution is -0.127. The van der Waals surface area contributed by atoms with E-state index in [2.05, 4.69) is 15.1 Å². The molecule has 3 aromatic rings. The molecule has 136 valence electrons. The van der Waals surface area contributed by atoms with Crippen LogP contribution < -0.4 is 0 Å². The van der Waals surface area contributed by atoms with Crippen LogP contribution in [0.1, 0.15) is 22.5 Å². The van der Waals surface area contributed by atoms with Gasteiger partial charge >= 0.3 is 0 Å². The molecule has 8 heteroatoms. The molecule has 1 amide bonds. The first kappa shape index (κ1) is 18.3. The average Bonchev–Trinajstić information content (AvgIpc) is 3.00. The molecule has 0 spiro atoms. The van der Waals surface area contributed by atoms with Crippen LogP contribution in [0.2, 0.25) is 0 Å². The smallest absolute Gasteiger partial charge is 0.253 e. The van der Waals surface area contributed by atoms with Crippen molar-refractivity contribution < 1.29 is 9.18 Å². The van der Waals surface area contributed by atoms with Gasteiger partial charge in [-0.15, -0.1) is 5.10 Å². The number of carbonyl (C=O) groups is 1. The molecule has 0 atom stereocenters. The predicted octanol–water partition coefficient (Wildman–Crippen LogP) is 2.94. The summed E-state index contributed by atoms with van der Waals surface area (Å²) >= 11 is 1.27. The van der Waals surface area contributed by atoms with Crippen molar-refractivity contribution in [3.8, 4) is 0 Å². The Morgan fingerprint density at radius 3 is 2.77 bits per heavy atom. The molecule has 0 unspecified atom stereocenters. The number of rotatable bonds is 5. The number of hydrogen-bond donors (Lipinski definition) is 0. The van der Waals surface area contributed by atoms with E-state index in [1.54, 1.807) is 28.6 Å². The molecule has 2 heterocycles. The highest BCUT2D eigenvalue weighted by Crippen LogP contribution is 2.18. The zero-order valence-corrected chi connectivity index (χ0v) is 16.0. The van der Waals surface area contributed by atoms with Crippen LogP contribution in [0.3, 0.4) is 0 Å². The van der Waals surface area contributed by atoms with E-state index in [4.69, 9.17) is 0 Å². The summed E-state index contributed by atoms with van der Waals surface area (Å²) in [6, 6.07) is 6.25. The van der Waals surface area contributed by atoms with Crippen LogP contribution in [0, 0.1) is 26.6 Å². The van der Waals surface area contributed by atoms with E-state index < -0.39 is 0 Å². The van der Waals surface area contributed by atoms with Gasteiger partial charge in [0.1, 0.15) is 5.82 Å². The van der Waals surface area contributed by atoms with Gasteiger partial charge in [0.2, 0.25) is 11.1 Å². The Morgan fingerprint density at radius 2 is 2.04 bits per heavy atom. The normalized spacial score (nSPS) is 11.1. The fourth-order valence-corrected chi connectivity index (χ4v) is 3.29. The lowest BCUT2D eigenvalue weighted by Gasteiger charge is -2.16. The van der Waals surface area contributed by atoms with Crippen molar-refractivity contribution in [3.63, 3.8) is 0 Å². The molecule has 3 rings (SSSR count). The van der Waals surface area contributed by atoms with Gasteiger partial charge in [0, 0.05) is 25.0 Å². The van der Waals surface area contributed by atoms with Crippen molar-refractivity contribution in [2.75, 3.05) is 12.8 Å². The lowest BCUT2D eigenvalue weighted by atomic mass is 10.2. The predicted molar refractivity (Wildman–Crippen MR) is 98.6 cm³/mol. The molecule has 2 aromatic heterocycles. The Kier molecular flexibility index (Phi) is 5.22. The molecular formula is C18H20FN5OS. The Bertz CT molecular complexity index is 972. The Labute approximate surface area is 155 Å². The summed E-state index contributed by atoms with van der Waals surface area (Å²) in [4.78, 5) is 22.7. The SMILES string of the molecule is Cc1nc2nc(SCC(=O)N(C)Cc3cccc(F)c3)nn2c(C)c1C. The number of aromatic nitrogens is 4. The van der Waals surface area contributed by atoms with Gasteiger partial charge in [-0.2, -0.15) is 4.98 Å². The first-order valence-corrected chi connectivity index (χ1v) is 9.15. The second-order valence-electron chi connectivity index (χ2n) is 6.18. The zero-order valence-electron chi connectivity index (χ0n) is 15.2. The van der Waals surface area contributed by atoms with Gasteiger partial charge in [-0.3, -0.25) is 4.79 Å². The topological polar surface area (TPSA) is 63.4 Å². The van der Waals surface area contributed by atoms with Gasteiger partial charge < -0.3 is 4.90 Å². The van der Waals surface area contributed by atoms with Crippen molar-refractivity contribution in [2.45, 2.75) is 32.5 Å². The Hall–Kier alpha value is -2.48. The molecule has 0 saturated heterocycles. The minimum absolute atomic E-state index is 0.0739. The van der Waals surface area contributed by atoms with Gasteiger partial charge in [-0.1, -0.05) is 23.9 Å². The molecule has 6 nitrogen and oxygen atoms in total. The monoisotopic (exact) mass is 373 g/mol. The maximum absolute atomic E-state index is 13.2. The standard InChI is InChI=1S/C18H20FN5OS/c1-11-12(2)20-17-21-18(22-24(17)13(11)3)26-10-16(25)23(4)9-14-6-5-7-15(19)8-14/h5-8H,9-10H2,1-4H3. The molecule has 0 aliphatic heterocycles. The van der Waals surface area contributed by atoms with Crippen LogP contribution in [0.15, 0.2) is 29.4 Å². The van der Waals surface area contributed by atoms with Crippen LogP contribution in [0.5, 0.6) is 0 Å². The third-order valence-corrected chi connectivity index (χ3v) is 5.12. The van der Waals surface area contributed by atoms with E-state index >= 15 is 0 Å². The maximum atomic E-state index is 13.2. The molecule has 0 N–H and O–H groups in total. The summed E-state index contributed by atoms with van der Waals surface area (Å²) < 4.78 is 14.9.